The van der Waals surface area contributed by atoms with E-state index in [4.69, 9.17) is 0 Å². The van der Waals surface area contributed by atoms with Crippen molar-refractivity contribution < 1.29 is 9.59 Å². The van der Waals surface area contributed by atoms with Crippen molar-refractivity contribution in [3.63, 3.8) is 0 Å². The van der Waals surface area contributed by atoms with E-state index in [-0.39, 0.29) is 11.8 Å². The number of amides is 2. The van der Waals surface area contributed by atoms with Crippen LogP contribution in [0.3, 0.4) is 0 Å². The summed E-state index contributed by atoms with van der Waals surface area (Å²) in [6, 6.07) is 10.4. The zero-order valence-electron chi connectivity index (χ0n) is 16.5. The van der Waals surface area contributed by atoms with Gasteiger partial charge in [0.05, 0.1) is 17.5 Å². The van der Waals surface area contributed by atoms with Crippen molar-refractivity contribution in [2.24, 2.45) is 5.92 Å². The number of carbonyl (C=O) groups excluding carboxylic acids is 2. The van der Waals surface area contributed by atoms with Gasteiger partial charge >= 0.3 is 0 Å². The Morgan fingerprint density at radius 3 is 2.82 bits per heavy atom. The summed E-state index contributed by atoms with van der Waals surface area (Å²) < 4.78 is 1.92. The van der Waals surface area contributed by atoms with Gasteiger partial charge < -0.3 is 10.6 Å². The topological polar surface area (TPSA) is 76.0 Å². The number of nitrogens with one attached hydrogen (secondary N) is 2. The van der Waals surface area contributed by atoms with Crippen molar-refractivity contribution >= 4 is 23.6 Å². The van der Waals surface area contributed by atoms with E-state index in [0.29, 0.717) is 29.8 Å². The van der Waals surface area contributed by atoms with Crippen LogP contribution in [0, 0.1) is 5.92 Å². The van der Waals surface area contributed by atoms with Gasteiger partial charge in [0.25, 0.3) is 5.91 Å². The van der Waals surface area contributed by atoms with Crippen LogP contribution in [0.4, 0.5) is 0 Å². The molecule has 2 aromatic rings. The van der Waals surface area contributed by atoms with E-state index in [0.717, 1.165) is 30.8 Å². The predicted molar refractivity (Wildman–Crippen MR) is 112 cm³/mol. The molecule has 0 saturated heterocycles. The van der Waals surface area contributed by atoms with Crippen LogP contribution < -0.4 is 10.6 Å². The number of hydrogen-bond donors (Lipinski definition) is 2. The average molecular weight is 401 g/mol. The number of nitrogens with zero attached hydrogens (tertiary/aromatic N) is 2. The first-order valence-corrected chi connectivity index (χ1v) is 10.8. The summed E-state index contributed by atoms with van der Waals surface area (Å²) in [6.07, 6.45) is 3.40. The number of aryl methyl sites for hydroxylation is 1. The van der Waals surface area contributed by atoms with Crippen LogP contribution >= 0.6 is 11.8 Å². The molecule has 28 heavy (non-hydrogen) atoms. The summed E-state index contributed by atoms with van der Waals surface area (Å²) in [7, 11) is 0. The molecule has 2 N–H and O–H groups in total. The van der Waals surface area contributed by atoms with Crippen LogP contribution in [-0.4, -0.2) is 39.9 Å². The lowest BCUT2D eigenvalue weighted by atomic mass is 9.94. The van der Waals surface area contributed by atoms with E-state index >= 15 is 0 Å². The number of thioether (sulfide) groups is 1. The van der Waals surface area contributed by atoms with Gasteiger partial charge in [-0.1, -0.05) is 37.3 Å². The van der Waals surface area contributed by atoms with E-state index in [1.807, 2.05) is 34.6 Å². The Hall–Kier alpha value is -2.28. The lowest BCUT2D eigenvalue weighted by Crippen LogP contribution is -2.34. The maximum atomic E-state index is 12.7. The lowest BCUT2D eigenvalue weighted by molar-refractivity contribution is -0.119. The third-order valence-electron chi connectivity index (χ3n) is 4.99. The molecule has 0 bridgehead atoms. The molecule has 2 amide bonds. The molecule has 0 aliphatic carbocycles. The maximum Gasteiger partial charge on any atom is 0.254 e. The summed E-state index contributed by atoms with van der Waals surface area (Å²) in [5.74, 6) is 1.21. The van der Waals surface area contributed by atoms with Crippen molar-refractivity contribution in [2.45, 2.75) is 44.2 Å². The van der Waals surface area contributed by atoms with Gasteiger partial charge in [-0.2, -0.15) is 16.9 Å². The van der Waals surface area contributed by atoms with E-state index in [9.17, 15) is 9.59 Å². The van der Waals surface area contributed by atoms with Crippen molar-refractivity contribution in [3.05, 3.63) is 53.3 Å². The Bertz CT molecular complexity index is 806. The molecule has 3 rings (SSSR count). The standard InChI is InChI=1S/C21H28N4O2S/c1-15(28-14-17-6-4-3-5-7-17)11-23-21(27)19-13-24-25-9-8-18(10-20(19)25)12-22-16(2)26/h3-7,13,15,18H,8-12,14H2,1-2H3,(H,22,26)(H,23,27). The fraction of sp³-hybridized carbons (Fsp3) is 0.476. The minimum atomic E-state index is -0.0615. The van der Waals surface area contributed by atoms with Crippen molar-refractivity contribution in [1.29, 1.82) is 0 Å². The number of hydrogen-bond acceptors (Lipinski definition) is 4. The molecule has 2 heterocycles. The number of benzene rings is 1. The van der Waals surface area contributed by atoms with Crippen LogP contribution in [0.5, 0.6) is 0 Å². The average Bonchev–Trinajstić information content (AvgIpc) is 3.13. The number of rotatable bonds is 8. The molecule has 2 atom stereocenters. The number of fused-ring (bicyclic) bond motifs is 1. The molecule has 6 nitrogen and oxygen atoms in total. The van der Waals surface area contributed by atoms with Crippen molar-refractivity contribution in [1.82, 2.24) is 20.4 Å². The Balaban J connectivity index is 1.50. The van der Waals surface area contributed by atoms with Crippen LogP contribution in [-0.2, 0) is 23.5 Å². The molecule has 0 spiro atoms. The SMILES string of the molecule is CC(=O)NCC1CCn2ncc(C(=O)NCC(C)SCc3ccccc3)c2C1. The van der Waals surface area contributed by atoms with Gasteiger partial charge in [-0.3, -0.25) is 14.3 Å². The third kappa shape index (κ3) is 5.61. The molecule has 1 aromatic heterocycles. The van der Waals surface area contributed by atoms with E-state index in [1.165, 1.54) is 12.5 Å². The molecule has 1 aromatic carbocycles. The summed E-state index contributed by atoms with van der Waals surface area (Å²) in [5, 5.41) is 10.6. The first-order valence-electron chi connectivity index (χ1n) is 9.75. The monoisotopic (exact) mass is 400 g/mol. The van der Waals surface area contributed by atoms with Gasteiger partial charge in [0, 0.05) is 37.6 Å². The minimum Gasteiger partial charge on any atom is -0.356 e. The quantitative estimate of drug-likeness (QED) is 0.714. The molecule has 2 unspecified atom stereocenters. The highest BCUT2D eigenvalue weighted by atomic mass is 32.2. The first kappa shape index (κ1) is 20.5. The summed E-state index contributed by atoms with van der Waals surface area (Å²) in [6.45, 7) is 5.72. The highest BCUT2D eigenvalue weighted by Gasteiger charge is 2.25. The molecule has 1 aliphatic heterocycles. The van der Waals surface area contributed by atoms with Crippen LogP contribution in [0.25, 0.3) is 0 Å². The molecule has 1 aliphatic rings. The fourth-order valence-corrected chi connectivity index (χ4v) is 4.22. The summed E-state index contributed by atoms with van der Waals surface area (Å²) >= 11 is 1.83. The van der Waals surface area contributed by atoms with E-state index in [1.54, 1.807) is 6.20 Å². The van der Waals surface area contributed by atoms with Crippen LogP contribution in [0.15, 0.2) is 36.5 Å². The first-order chi connectivity index (χ1) is 13.5. The molecular formula is C21H28N4O2S. The Kier molecular flexibility index (Phi) is 7.14. The molecule has 0 fully saturated rings. The van der Waals surface area contributed by atoms with Crippen LogP contribution in [0.1, 0.15) is 41.9 Å². The maximum absolute atomic E-state index is 12.7. The zero-order valence-corrected chi connectivity index (χ0v) is 17.3. The summed E-state index contributed by atoms with van der Waals surface area (Å²) in [4.78, 5) is 23.8. The predicted octanol–water partition coefficient (Wildman–Crippen LogP) is 2.63. The Labute approximate surface area is 170 Å². The van der Waals surface area contributed by atoms with E-state index in [2.05, 4.69) is 34.8 Å². The molecular weight excluding hydrogens is 372 g/mol. The van der Waals surface area contributed by atoms with Crippen molar-refractivity contribution in [3.8, 4) is 0 Å². The van der Waals surface area contributed by atoms with Gasteiger partial charge in [-0.05, 0) is 24.3 Å². The fourth-order valence-electron chi connectivity index (χ4n) is 3.35. The van der Waals surface area contributed by atoms with Gasteiger partial charge in [0.2, 0.25) is 5.91 Å². The highest BCUT2D eigenvalue weighted by molar-refractivity contribution is 7.99. The second kappa shape index (κ2) is 9.78. The van der Waals surface area contributed by atoms with Gasteiger partial charge in [-0.15, -0.1) is 0 Å². The third-order valence-corrected chi connectivity index (χ3v) is 6.23. The van der Waals surface area contributed by atoms with E-state index < -0.39 is 0 Å². The van der Waals surface area contributed by atoms with Gasteiger partial charge in [-0.25, -0.2) is 0 Å². The Morgan fingerprint density at radius 1 is 1.29 bits per heavy atom. The second-order valence-electron chi connectivity index (χ2n) is 7.34. The molecule has 150 valence electrons. The molecule has 0 radical (unpaired) electrons. The van der Waals surface area contributed by atoms with Gasteiger partial charge in [0.15, 0.2) is 0 Å². The molecule has 7 heteroatoms. The Morgan fingerprint density at radius 2 is 2.07 bits per heavy atom. The summed E-state index contributed by atoms with van der Waals surface area (Å²) in [5.41, 5.74) is 2.93. The largest absolute Gasteiger partial charge is 0.356 e. The highest BCUT2D eigenvalue weighted by Crippen LogP contribution is 2.23. The minimum absolute atomic E-state index is 0.0148. The lowest BCUT2D eigenvalue weighted by Gasteiger charge is -2.24. The number of carbonyl (C=O) groups is 2. The zero-order chi connectivity index (χ0) is 19.9. The normalized spacial score (nSPS) is 16.9. The van der Waals surface area contributed by atoms with Gasteiger partial charge in [0.1, 0.15) is 0 Å². The number of aromatic nitrogens is 2. The molecule has 0 saturated carbocycles. The van der Waals surface area contributed by atoms with Crippen LogP contribution in [0.2, 0.25) is 0 Å². The smallest absolute Gasteiger partial charge is 0.254 e. The van der Waals surface area contributed by atoms with Crippen molar-refractivity contribution in [2.75, 3.05) is 13.1 Å². The second-order valence-corrected chi connectivity index (χ2v) is 8.77.